The number of rotatable bonds is 5. The quantitative estimate of drug-likeness (QED) is 0.856. The molecular formula is C15H17Cl2N3O2S. The van der Waals surface area contributed by atoms with Crippen molar-refractivity contribution in [3.05, 3.63) is 28.2 Å². The lowest BCUT2D eigenvalue weighted by Crippen LogP contribution is -2.33. The van der Waals surface area contributed by atoms with Crippen LogP contribution in [0.4, 0.5) is 5.69 Å². The van der Waals surface area contributed by atoms with Gasteiger partial charge in [-0.25, -0.2) is 0 Å². The van der Waals surface area contributed by atoms with Gasteiger partial charge in [0.2, 0.25) is 11.8 Å². The average Bonchev–Trinajstić information content (AvgIpc) is 2.79. The van der Waals surface area contributed by atoms with Crippen LogP contribution in [-0.2, 0) is 9.59 Å². The molecule has 0 unspecified atom stereocenters. The van der Waals surface area contributed by atoms with Crippen molar-refractivity contribution in [3.63, 3.8) is 0 Å². The first-order chi connectivity index (χ1) is 11.0. The molecule has 0 aliphatic carbocycles. The molecule has 1 fully saturated rings. The van der Waals surface area contributed by atoms with Gasteiger partial charge in [0.15, 0.2) is 5.17 Å². The summed E-state index contributed by atoms with van der Waals surface area (Å²) in [6, 6.07) is 4.85. The van der Waals surface area contributed by atoms with Crippen LogP contribution in [0.1, 0.15) is 20.3 Å². The number of aliphatic imine (C=N–C) groups is 1. The molecule has 0 radical (unpaired) electrons. The normalized spacial score (nSPS) is 19.5. The molecule has 1 N–H and O–H groups in total. The molecule has 124 valence electrons. The highest BCUT2D eigenvalue weighted by molar-refractivity contribution is 8.15. The zero-order chi connectivity index (χ0) is 17.0. The van der Waals surface area contributed by atoms with E-state index < -0.39 is 5.25 Å². The molecule has 0 aromatic heterocycles. The monoisotopic (exact) mass is 373 g/mol. The van der Waals surface area contributed by atoms with Gasteiger partial charge >= 0.3 is 0 Å². The van der Waals surface area contributed by atoms with E-state index in [0.717, 1.165) is 0 Å². The van der Waals surface area contributed by atoms with Gasteiger partial charge in [0.25, 0.3) is 0 Å². The Morgan fingerprint density at radius 3 is 2.70 bits per heavy atom. The first-order valence-corrected chi connectivity index (χ1v) is 8.87. The van der Waals surface area contributed by atoms with Crippen molar-refractivity contribution in [2.45, 2.75) is 25.5 Å². The third-order valence-electron chi connectivity index (χ3n) is 3.20. The van der Waals surface area contributed by atoms with Gasteiger partial charge in [0, 0.05) is 25.2 Å². The maximum absolute atomic E-state index is 12.3. The predicted octanol–water partition coefficient (Wildman–Crippen LogP) is 3.66. The summed E-state index contributed by atoms with van der Waals surface area (Å²) in [5.41, 5.74) is 0.551. The fourth-order valence-corrected chi connectivity index (χ4v) is 3.71. The number of amides is 2. The van der Waals surface area contributed by atoms with Gasteiger partial charge < -0.3 is 5.32 Å². The lowest BCUT2D eigenvalue weighted by atomic mass is 10.2. The largest absolute Gasteiger partial charge is 0.326 e. The fraction of sp³-hybridized carbons (Fsp3) is 0.400. The number of thioether (sulfide) groups is 1. The number of hydrogen-bond donors (Lipinski definition) is 1. The lowest BCUT2D eigenvalue weighted by Gasteiger charge is -2.13. The molecule has 0 spiro atoms. The maximum Gasteiger partial charge on any atom is 0.242 e. The van der Waals surface area contributed by atoms with E-state index in [1.165, 1.54) is 11.8 Å². The summed E-state index contributed by atoms with van der Waals surface area (Å²) in [6.45, 7) is 4.96. The van der Waals surface area contributed by atoms with Crippen molar-refractivity contribution in [1.82, 2.24) is 4.90 Å². The van der Waals surface area contributed by atoms with Crippen molar-refractivity contribution >= 4 is 57.6 Å². The van der Waals surface area contributed by atoms with Crippen LogP contribution in [0.2, 0.25) is 10.0 Å². The number of carbonyl (C=O) groups excluding carboxylic acids is 2. The highest BCUT2D eigenvalue weighted by Crippen LogP contribution is 2.30. The van der Waals surface area contributed by atoms with E-state index in [-0.39, 0.29) is 18.2 Å². The molecule has 2 amide bonds. The smallest absolute Gasteiger partial charge is 0.242 e. The Kier molecular flexibility index (Phi) is 6.33. The van der Waals surface area contributed by atoms with Crippen LogP contribution in [-0.4, -0.2) is 40.2 Å². The Labute approximate surface area is 149 Å². The topological polar surface area (TPSA) is 61.8 Å². The summed E-state index contributed by atoms with van der Waals surface area (Å²) in [6.07, 6.45) is 0.0863. The SMILES string of the molecule is CCN=C1S[C@@H](CC(=O)Nc2ccc(Cl)c(Cl)c2)C(=O)N1CC. The van der Waals surface area contributed by atoms with Crippen molar-refractivity contribution < 1.29 is 9.59 Å². The zero-order valence-electron chi connectivity index (χ0n) is 12.8. The Morgan fingerprint density at radius 2 is 2.09 bits per heavy atom. The van der Waals surface area contributed by atoms with E-state index >= 15 is 0 Å². The molecule has 1 aliphatic rings. The highest BCUT2D eigenvalue weighted by atomic mass is 35.5. The molecule has 5 nitrogen and oxygen atoms in total. The Balaban J connectivity index is 2.01. The Morgan fingerprint density at radius 1 is 1.35 bits per heavy atom. The molecular weight excluding hydrogens is 357 g/mol. The molecule has 23 heavy (non-hydrogen) atoms. The van der Waals surface area contributed by atoms with Crippen LogP contribution < -0.4 is 5.32 Å². The van der Waals surface area contributed by atoms with E-state index in [0.29, 0.717) is 34.0 Å². The summed E-state index contributed by atoms with van der Waals surface area (Å²) >= 11 is 13.1. The minimum Gasteiger partial charge on any atom is -0.326 e. The summed E-state index contributed by atoms with van der Waals surface area (Å²) in [7, 11) is 0. The first-order valence-electron chi connectivity index (χ1n) is 7.23. The van der Waals surface area contributed by atoms with E-state index in [2.05, 4.69) is 10.3 Å². The molecule has 1 aromatic rings. The number of benzene rings is 1. The Hall–Kier alpha value is -1.24. The molecule has 1 atom stereocenters. The first kappa shape index (κ1) is 18.1. The average molecular weight is 374 g/mol. The van der Waals surface area contributed by atoms with Crippen LogP contribution in [0.5, 0.6) is 0 Å². The van der Waals surface area contributed by atoms with Crippen molar-refractivity contribution in [2.75, 3.05) is 18.4 Å². The van der Waals surface area contributed by atoms with Crippen molar-refractivity contribution in [1.29, 1.82) is 0 Å². The minimum absolute atomic E-state index is 0.0750. The second kappa shape index (κ2) is 8.04. The van der Waals surface area contributed by atoms with Crippen LogP contribution in [0.25, 0.3) is 0 Å². The number of carbonyl (C=O) groups is 2. The standard InChI is InChI=1S/C15H17Cl2N3O2S/c1-3-18-15-20(4-2)14(22)12(23-15)8-13(21)19-9-5-6-10(16)11(17)7-9/h5-7,12H,3-4,8H2,1-2H3,(H,19,21)/t12-/m0/s1. The number of nitrogens with one attached hydrogen (secondary N) is 1. The number of anilines is 1. The molecule has 1 aromatic carbocycles. The van der Waals surface area contributed by atoms with Crippen molar-refractivity contribution in [2.24, 2.45) is 4.99 Å². The van der Waals surface area contributed by atoms with Crippen LogP contribution in [0.15, 0.2) is 23.2 Å². The third kappa shape index (κ3) is 4.40. The third-order valence-corrected chi connectivity index (χ3v) is 5.16. The number of amidine groups is 1. The van der Waals surface area contributed by atoms with Crippen molar-refractivity contribution in [3.8, 4) is 0 Å². The van der Waals surface area contributed by atoms with Crippen LogP contribution >= 0.6 is 35.0 Å². The maximum atomic E-state index is 12.3. The lowest BCUT2D eigenvalue weighted by molar-refractivity contribution is -0.128. The number of halogens is 2. The molecule has 1 heterocycles. The van der Waals surface area contributed by atoms with Gasteiger partial charge in [-0.1, -0.05) is 35.0 Å². The van der Waals surface area contributed by atoms with E-state index in [1.807, 2.05) is 13.8 Å². The summed E-state index contributed by atoms with van der Waals surface area (Å²) in [4.78, 5) is 30.4. The van der Waals surface area contributed by atoms with E-state index in [9.17, 15) is 9.59 Å². The zero-order valence-corrected chi connectivity index (χ0v) is 15.1. The predicted molar refractivity (Wildman–Crippen MR) is 96.5 cm³/mol. The molecule has 8 heteroatoms. The molecule has 1 saturated heterocycles. The summed E-state index contributed by atoms with van der Waals surface area (Å²) < 4.78 is 0. The van der Waals surface area contributed by atoms with Crippen LogP contribution in [0.3, 0.4) is 0 Å². The number of nitrogens with zero attached hydrogens (tertiary/aromatic N) is 2. The van der Waals surface area contributed by atoms with Gasteiger partial charge in [-0.2, -0.15) is 0 Å². The number of hydrogen-bond acceptors (Lipinski definition) is 4. The molecule has 0 bridgehead atoms. The molecule has 0 saturated carbocycles. The molecule has 1 aliphatic heterocycles. The van der Waals surface area contributed by atoms with Gasteiger partial charge in [-0.15, -0.1) is 0 Å². The van der Waals surface area contributed by atoms with E-state index in [4.69, 9.17) is 23.2 Å². The second-order valence-corrected chi connectivity index (χ2v) is 6.81. The molecule has 2 rings (SSSR count). The van der Waals surface area contributed by atoms with Gasteiger partial charge in [-0.3, -0.25) is 19.5 Å². The second-order valence-electron chi connectivity index (χ2n) is 4.83. The summed E-state index contributed by atoms with van der Waals surface area (Å²) in [5.74, 6) is -0.322. The summed E-state index contributed by atoms with van der Waals surface area (Å²) in [5, 5.41) is 3.76. The van der Waals surface area contributed by atoms with Gasteiger partial charge in [0.1, 0.15) is 5.25 Å². The Bertz CT molecular complexity index is 652. The van der Waals surface area contributed by atoms with E-state index in [1.54, 1.807) is 23.1 Å². The van der Waals surface area contributed by atoms with Crippen LogP contribution in [0, 0.1) is 0 Å². The van der Waals surface area contributed by atoms with Gasteiger partial charge in [0.05, 0.1) is 10.0 Å². The fourth-order valence-electron chi connectivity index (χ4n) is 2.14. The van der Waals surface area contributed by atoms with Gasteiger partial charge in [-0.05, 0) is 32.0 Å². The minimum atomic E-state index is -0.442. The highest BCUT2D eigenvalue weighted by Gasteiger charge is 2.38.